The first-order valence-corrected chi connectivity index (χ1v) is 6.47. The maximum absolute atomic E-state index is 3.44. The minimum absolute atomic E-state index is 0.548. The van der Waals surface area contributed by atoms with Crippen LogP contribution in [0, 0.1) is 0 Å². The van der Waals surface area contributed by atoms with Gasteiger partial charge in [0.05, 0.1) is 0 Å². The van der Waals surface area contributed by atoms with E-state index >= 15 is 0 Å². The summed E-state index contributed by atoms with van der Waals surface area (Å²) in [6.07, 6.45) is 0. The first-order valence-electron chi connectivity index (χ1n) is 5.48. The van der Waals surface area contributed by atoms with Crippen LogP contribution in [0.3, 0.4) is 0 Å². The summed E-state index contributed by atoms with van der Waals surface area (Å²) in [6, 6.07) is 7.24. The van der Waals surface area contributed by atoms with Crippen molar-refractivity contribution >= 4 is 17.4 Å². The molecule has 0 amide bonds. The van der Waals surface area contributed by atoms with Gasteiger partial charge in [-0.3, -0.25) is 0 Å². The number of thioether (sulfide) groups is 1. The smallest absolute Gasteiger partial charge is 0.0478 e. The van der Waals surface area contributed by atoms with Gasteiger partial charge in [-0.1, -0.05) is 19.9 Å². The Kier molecular flexibility index (Phi) is 3.54. The molecule has 82 valence electrons. The average Bonchev–Trinajstić information content (AvgIpc) is 2.26. The van der Waals surface area contributed by atoms with E-state index in [1.54, 1.807) is 0 Å². The van der Waals surface area contributed by atoms with Gasteiger partial charge in [-0.2, -0.15) is 0 Å². The van der Waals surface area contributed by atoms with Crippen molar-refractivity contribution in [2.24, 2.45) is 0 Å². The van der Waals surface area contributed by atoms with Crippen LogP contribution < -0.4 is 10.6 Å². The molecule has 3 heteroatoms. The van der Waals surface area contributed by atoms with Crippen molar-refractivity contribution in [1.82, 2.24) is 5.32 Å². The van der Waals surface area contributed by atoms with Gasteiger partial charge < -0.3 is 10.6 Å². The Bertz CT molecular complexity index is 336. The fourth-order valence-electron chi connectivity index (χ4n) is 1.61. The van der Waals surface area contributed by atoms with E-state index in [9.17, 15) is 0 Å². The van der Waals surface area contributed by atoms with Crippen LogP contribution in [0.2, 0.25) is 0 Å². The van der Waals surface area contributed by atoms with E-state index in [0.717, 1.165) is 13.1 Å². The van der Waals surface area contributed by atoms with Gasteiger partial charge in [-0.05, 0) is 17.7 Å². The number of anilines is 1. The number of benzene rings is 1. The van der Waals surface area contributed by atoms with E-state index in [2.05, 4.69) is 42.7 Å². The van der Waals surface area contributed by atoms with Crippen molar-refractivity contribution in [1.29, 1.82) is 0 Å². The predicted molar refractivity (Wildman–Crippen MR) is 67.6 cm³/mol. The lowest BCUT2D eigenvalue weighted by molar-refractivity contribution is 0.588. The molecule has 0 atom stereocenters. The highest BCUT2D eigenvalue weighted by molar-refractivity contribution is 7.99. The van der Waals surface area contributed by atoms with E-state index < -0.39 is 0 Å². The zero-order valence-electron chi connectivity index (χ0n) is 9.34. The van der Waals surface area contributed by atoms with Crippen LogP contribution in [0.1, 0.15) is 19.4 Å². The standard InChI is InChI=1S/C12H18N2S/c1-9(2)14-8-10-3-4-11-12(7-10)15-6-5-13-11/h3-4,7,9,13-14H,5-6,8H2,1-2H3. The molecule has 15 heavy (non-hydrogen) atoms. The summed E-state index contributed by atoms with van der Waals surface area (Å²) < 4.78 is 0. The van der Waals surface area contributed by atoms with Crippen LogP contribution in [0.5, 0.6) is 0 Å². The van der Waals surface area contributed by atoms with Crippen molar-refractivity contribution < 1.29 is 0 Å². The van der Waals surface area contributed by atoms with E-state index in [4.69, 9.17) is 0 Å². The van der Waals surface area contributed by atoms with Crippen molar-refractivity contribution in [3.8, 4) is 0 Å². The zero-order valence-corrected chi connectivity index (χ0v) is 10.2. The normalized spacial score (nSPS) is 14.9. The third-order valence-corrected chi connectivity index (χ3v) is 3.49. The molecule has 2 N–H and O–H groups in total. The lowest BCUT2D eigenvalue weighted by Crippen LogP contribution is -2.22. The van der Waals surface area contributed by atoms with Gasteiger partial charge in [0.1, 0.15) is 0 Å². The molecular weight excluding hydrogens is 204 g/mol. The number of nitrogens with one attached hydrogen (secondary N) is 2. The molecule has 2 nitrogen and oxygen atoms in total. The summed E-state index contributed by atoms with van der Waals surface area (Å²) in [6.45, 7) is 6.40. The summed E-state index contributed by atoms with van der Waals surface area (Å²) in [5, 5.41) is 6.85. The highest BCUT2D eigenvalue weighted by atomic mass is 32.2. The molecular formula is C12H18N2S. The second-order valence-electron chi connectivity index (χ2n) is 4.14. The van der Waals surface area contributed by atoms with Crippen molar-refractivity contribution in [2.75, 3.05) is 17.6 Å². The van der Waals surface area contributed by atoms with Crippen molar-refractivity contribution in [2.45, 2.75) is 31.3 Å². The van der Waals surface area contributed by atoms with E-state index in [-0.39, 0.29) is 0 Å². The summed E-state index contributed by atoms with van der Waals surface area (Å²) >= 11 is 1.95. The lowest BCUT2D eigenvalue weighted by Gasteiger charge is -2.18. The van der Waals surface area contributed by atoms with E-state index in [0.29, 0.717) is 6.04 Å². The largest absolute Gasteiger partial charge is 0.383 e. The Morgan fingerprint density at radius 2 is 2.33 bits per heavy atom. The third-order valence-electron chi connectivity index (χ3n) is 2.44. The zero-order chi connectivity index (χ0) is 10.7. The first-order chi connectivity index (χ1) is 7.25. The molecule has 0 unspecified atom stereocenters. The Morgan fingerprint density at radius 3 is 3.13 bits per heavy atom. The Balaban J connectivity index is 2.07. The number of hydrogen-bond donors (Lipinski definition) is 2. The van der Waals surface area contributed by atoms with Gasteiger partial charge in [0, 0.05) is 35.5 Å². The number of fused-ring (bicyclic) bond motifs is 1. The van der Waals surface area contributed by atoms with Crippen molar-refractivity contribution in [3.63, 3.8) is 0 Å². The van der Waals surface area contributed by atoms with Gasteiger partial charge in [-0.15, -0.1) is 11.8 Å². The van der Waals surface area contributed by atoms with Gasteiger partial charge in [0.25, 0.3) is 0 Å². The molecule has 0 radical (unpaired) electrons. The molecule has 1 aromatic carbocycles. The van der Waals surface area contributed by atoms with Gasteiger partial charge in [0.2, 0.25) is 0 Å². The van der Waals surface area contributed by atoms with Crippen LogP contribution in [0.15, 0.2) is 23.1 Å². The Labute approximate surface area is 95.8 Å². The van der Waals surface area contributed by atoms with E-state index in [1.807, 2.05) is 11.8 Å². The SMILES string of the molecule is CC(C)NCc1ccc2c(c1)SCCN2. The molecule has 0 saturated heterocycles. The molecule has 1 aliphatic rings. The molecule has 0 aliphatic carbocycles. The predicted octanol–water partition coefficient (Wildman–Crippen LogP) is 2.70. The molecule has 1 aliphatic heterocycles. The minimum Gasteiger partial charge on any atom is -0.383 e. The number of hydrogen-bond acceptors (Lipinski definition) is 3. The fourth-order valence-corrected chi connectivity index (χ4v) is 2.57. The molecule has 1 heterocycles. The highest BCUT2D eigenvalue weighted by Crippen LogP contribution is 2.31. The quantitative estimate of drug-likeness (QED) is 0.822. The Morgan fingerprint density at radius 1 is 1.47 bits per heavy atom. The molecule has 1 aromatic rings. The maximum atomic E-state index is 3.44. The molecule has 0 bridgehead atoms. The minimum atomic E-state index is 0.548. The molecule has 0 aromatic heterocycles. The van der Waals surface area contributed by atoms with E-state index in [1.165, 1.54) is 21.9 Å². The summed E-state index contributed by atoms with van der Waals surface area (Å²) in [5.74, 6) is 1.17. The van der Waals surface area contributed by atoms with Crippen LogP contribution in [-0.2, 0) is 6.54 Å². The second-order valence-corrected chi connectivity index (χ2v) is 5.28. The number of rotatable bonds is 3. The Hall–Kier alpha value is -0.670. The van der Waals surface area contributed by atoms with Crippen molar-refractivity contribution in [3.05, 3.63) is 23.8 Å². The van der Waals surface area contributed by atoms with Crippen LogP contribution in [0.25, 0.3) is 0 Å². The van der Waals surface area contributed by atoms with Gasteiger partial charge in [0.15, 0.2) is 0 Å². The first kappa shape index (κ1) is 10.8. The summed E-state index contributed by atoms with van der Waals surface area (Å²) in [5.41, 5.74) is 2.66. The maximum Gasteiger partial charge on any atom is 0.0478 e. The molecule has 0 spiro atoms. The second kappa shape index (κ2) is 4.90. The lowest BCUT2D eigenvalue weighted by atomic mass is 10.2. The third kappa shape index (κ3) is 2.89. The summed E-state index contributed by atoms with van der Waals surface area (Å²) in [4.78, 5) is 1.39. The van der Waals surface area contributed by atoms with Gasteiger partial charge >= 0.3 is 0 Å². The molecule has 2 rings (SSSR count). The van der Waals surface area contributed by atoms with Gasteiger partial charge in [-0.25, -0.2) is 0 Å². The highest BCUT2D eigenvalue weighted by Gasteiger charge is 2.09. The molecule has 0 saturated carbocycles. The van der Waals surface area contributed by atoms with Crippen LogP contribution >= 0.6 is 11.8 Å². The fraction of sp³-hybridized carbons (Fsp3) is 0.500. The summed E-state index contributed by atoms with van der Waals surface area (Å²) in [7, 11) is 0. The topological polar surface area (TPSA) is 24.1 Å². The van der Waals surface area contributed by atoms with Crippen LogP contribution in [0.4, 0.5) is 5.69 Å². The average molecular weight is 222 g/mol. The monoisotopic (exact) mass is 222 g/mol. The molecule has 0 fully saturated rings. The van der Waals surface area contributed by atoms with Crippen LogP contribution in [-0.4, -0.2) is 18.3 Å².